The van der Waals surface area contributed by atoms with Gasteiger partial charge in [-0.05, 0) is 81.4 Å². The van der Waals surface area contributed by atoms with Gasteiger partial charge in [0.1, 0.15) is 11.9 Å². The lowest BCUT2D eigenvalue weighted by atomic mass is 9.93. The lowest BCUT2D eigenvalue weighted by molar-refractivity contribution is -0.144. The average molecular weight is 457 g/mol. The molecular weight excluding hydrogens is 423 g/mol. The Balaban J connectivity index is 1.40. The van der Waals surface area contributed by atoms with E-state index in [1.165, 1.54) is 31.4 Å². The predicted molar refractivity (Wildman–Crippen MR) is 115 cm³/mol. The fourth-order valence-corrected chi connectivity index (χ4v) is 6.12. The summed E-state index contributed by atoms with van der Waals surface area (Å²) in [4.78, 5) is 16.1. The summed E-state index contributed by atoms with van der Waals surface area (Å²) in [6.45, 7) is 4.60. The monoisotopic (exact) mass is 456 g/mol. The number of likely N-dealkylation sites (tertiary alicyclic amines) is 2. The number of sulfone groups is 1. The zero-order valence-electron chi connectivity index (χ0n) is 18.1. The van der Waals surface area contributed by atoms with Crippen LogP contribution in [0.1, 0.15) is 25.7 Å². The van der Waals surface area contributed by atoms with Crippen molar-refractivity contribution >= 4 is 15.8 Å². The van der Waals surface area contributed by atoms with Crippen LogP contribution in [0.5, 0.6) is 0 Å². The number of halogens is 1. The third-order valence-corrected chi connectivity index (χ3v) is 8.32. The molecule has 0 amide bonds. The maximum atomic E-state index is 13.0. The van der Waals surface area contributed by atoms with Crippen molar-refractivity contribution in [1.29, 1.82) is 0 Å². The van der Waals surface area contributed by atoms with Crippen LogP contribution in [0.15, 0.2) is 29.2 Å². The molecule has 2 saturated heterocycles. The Morgan fingerprint density at radius 2 is 1.81 bits per heavy atom. The molecule has 2 aliphatic heterocycles. The first-order chi connectivity index (χ1) is 14.8. The lowest BCUT2D eigenvalue weighted by Gasteiger charge is -2.33. The van der Waals surface area contributed by atoms with Gasteiger partial charge in [0, 0.05) is 20.2 Å². The second kappa shape index (κ2) is 10.8. The molecule has 1 aromatic carbocycles. The quantitative estimate of drug-likeness (QED) is 0.540. The fraction of sp³-hybridized carbons (Fsp3) is 0.682. The van der Waals surface area contributed by atoms with E-state index in [9.17, 15) is 22.7 Å². The summed E-state index contributed by atoms with van der Waals surface area (Å²) in [5, 5.41) is 9.40. The highest BCUT2D eigenvalue weighted by atomic mass is 32.2. The molecule has 0 saturated carbocycles. The van der Waals surface area contributed by atoms with E-state index < -0.39 is 27.7 Å². The summed E-state index contributed by atoms with van der Waals surface area (Å²) in [6.07, 6.45) is 3.55. The van der Waals surface area contributed by atoms with Crippen molar-refractivity contribution in [2.45, 2.75) is 36.6 Å². The van der Waals surface area contributed by atoms with E-state index in [4.69, 9.17) is 4.74 Å². The Morgan fingerprint density at radius 1 is 1.16 bits per heavy atom. The van der Waals surface area contributed by atoms with E-state index in [1.54, 1.807) is 0 Å². The van der Waals surface area contributed by atoms with Crippen LogP contribution < -0.4 is 0 Å². The highest BCUT2D eigenvalue weighted by Crippen LogP contribution is 2.26. The van der Waals surface area contributed by atoms with Gasteiger partial charge < -0.3 is 14.7 Å². The molecule has 2 unspecified atom stereocenters. The summed E-state index contributed by atoms with van der Waals surface area (Å²) < 4.78 is 43.0. The molecule has 0 bridgehead atoms. The van der Waals surface area contributed by atoms with Crippen LogP contribution in [-0.4, -0.2) is 87.5 Å². The molecule has 2 fully saturated rings. The molecule has 0 aliphatic carbocycles. The van der Waals surface area contributed by atoms with Crippen LogP contribution in [0.4, 0.5) is 4.39 Å². The van der Waals surface area contributed by atoms with E-state index in [0.29, 0.717) is 18.3 Å². The summed E-state index contributed by atoms with van der Waals surface area (Å²) in [5.41, 5.74) is 0. The molecule has 2 heterocycles. The van der Waals surface area contributed by atoms with Crippen LogP contribution in [-0.2, 0) is 19.4 Å². The number of piperidine rings is 1. The summed E-state index contributed by atoms with van der Waals surface area (Å²) in [6, 6.07) is 4.45. The average Bonchev–Trinajstić information content (AvgIpc) is 3.19. The lowest BCUT2D eigenvalue weighted by Crippen LogP contribution is -2.44. The Bertz CT molecular complexity index is 825. The van der Waals surface area contributed by atoms with Crippen molar-refractivity contribution < 1.29 is 27.4 Å². The Labute approximate surface area is 184 Å². The first-order valence-electron chi connectivity index (χ1n) is 10.9. The van der Waals surface area contributed by atoms with Gasteiger partial charge in [0.15, 0.2) is 9.84 Å². The maximum absolute atomic E-state index is 13.0. The molecule has 2 aliphatic rings. The summed E-state index contributed by atoms with van der Waals surface area (Å²) >= 11 is 0. The second-order valence-corrected chi connectivity index (χ2v) is 10.9. The minimum Gasteiger partial charge on any atom is -0.480 e. The molecule has 0 spiro atoms. The second-order valence-electron chi connectivity index (χ2n) is 8.76. The number of carbonyl (C=O) groups is 1. The van der Waals surface area contributed by atoms with Gasteiger partial charge in [0.25, 0.3) is 0 Å². The van der Waals surface area contributed by atoms with Gasteiger partial charge in [-0.2, -0.15) is 0 Å². The van der Waals surface area contributed by atoms with Crippen molar-refractivity contribution in [2.24, 2.45) is 11.8 Å². The number of benzene rings is 1. The number of aliphatic carboxylic acids is 1. The van der Waals surface area contributed by atoms with E-state index in [0.717, 1.165) is 52.0 Å². The van der Waals surface area contributed by atoms with Gasteiger partial charge in [-0.25, -0.2) is 12.8 Å². The van der Waals surface area contributed by atoms with Crippen molar-refractivity contribution in [3.8, 4) is 0 Å². The molecule has 2 atom stereocenters. The highest BCUT2D eigenvalue weighted by molar-refractivity contribution is 7.91. The molecule has 1 aromatic rings. The largest absolute Gasteiger partial charge is 0.480 e. The van der Waals surface area contributed by atoms with Gasteiger partial charge in [-0.3, -0.25) is 9.69 Å². The SMILES string of the molecule is COCC(C(=O)O)N1CCC(CN2CCC(CCS(=O)(=O)c3ccc(F)cc3)CC2)C1. The maximum Gasteiger partial charge on any atom is 0.323 e. The molecular formula is C22H33FN2O5S. The van der Waals surface area contributed by atoms with Gasteiger partial charge >= 0.3 is 5.97 Å². The first kappa shape index (κ1) is 24.1. The van der Waals surface area contributed by atoms with E-state index >= 15 is 0 Å². The predicted octanol–water partition coefficient (Wildman–Crippen LogP) is 2.12. The number of carboxylic acid groups (broad SMARTS) is 1. The third kappa shape index (κ3) is 6.71. The third-order valence-electron chi connectivity index (χ3n) is 6.56. The van der Waals surface area contributed by atoms with Crippen LogP contribution in [0.2, 0.25) is 0 Å². The smallest absolute Gasteiger partial charge is 0.323 e. The Hall–Kier alpha value is -1.55. The van der Waals surface area contributed by atoms with Gasteiger partial charge in [-0.1, -0.05) is 0 Å². The molecule has 7 nitrogen and oxygen atoms in total. The number of nitrogens with zero attached hydrogens (tertiary/aromatic N) is 2. The number of ether oxygens (including phenoxy) is 1. The molecule has 9 heteroatoms. The van der Waals surface area contributed by atoms with Gasteiger partial charge in [0.05, 0.1) is 17.3 Å². The van der Waals surface area contributed by atoms with Crippen LogP contribution in [0.25, 0.3) is 0 Å². The first-order valence-corrected chi connectivity index (χ1v) is 12.6. The van der Waals surface area contributed by atoms with E-state index in [-0.39, 0.29) is 17.3 Å². The fourth-order valence-electron chi connectivity index (χ4n) is 4.69. The van der Waals surface area contributed by atoms with Crippen molar-refractivity contribution in [3.63, 3.8) is 0 Å². The topological polar surface area (TPSA) is 87.2 Å². The number of rotatable bonds is 10. The van der Waals surface area contributed by atoms with Gasteiger partial charge in [0.2, 0.25) is 0 Å². The molecule has 3 rings (SSSR count). The van der Waals surface area contributed by atoms with Crippen LogP contribution in [0, 0.1) is 17.7 Å². The minimum atomic E-state index is -3.38. The standard InChI is InChI=1S/C22H33FN2O5S/c1-30-16-21(22(26)27)25-12-8-18(15-25)14-24-10-6-17(7-11-24)9-13-31(28,29)20-4-2-19(23)3-5-20/h2-5,17-18,21H,6-16H2,1H3,(H,26,27). The normalized spacial score (nSPS) is 22.6. The molecule has 0 radical (unpaired) electrons. The highest BCUT2D eigenvalue weighted by Gasteiger charge is 2.33. The molecule has 1 N–H and O–H groups in total. The van der Waals surface area contributed by atoms with E-state index in [2.05, 4.69) is 4.90 Å². The summed E-state index contributed by atoms with van der Waals surface area (Å²) in [5.74, 6) is -0.344. The van der Waals surface area contributed by atoms with Crippen LogP contribution in [0.3, 0.4) is 0 Å². The molecule has 31 heavy (non-hydrogen) atoms. The molecule has 174 valence electrons. The van der Waals surface area contributed by atoms with Crippen molar-refractivity contribution in [2.75, 3.05) is 52.2 Å². The number of hydrogen-bond acceptors (Lipinski definition) is 6. The Morgan fingerprint density at radius 3 is 2.42 bits per heavy atom. The van der Waals surface area contributed by atoms with Crippen LogP contribution >= 0.6 is 0 Å². The van der Waals surface area contributed by atoms with Crippen molar-refractivity contribution in [3.05, 3.63) is 30.1 Å². The Kier molecular flexibility index (Phi) is 8.43. The zero-order chi connectivity index (χ0) is 22.4. The molecule has 0 aromatic heterocycles. The minimum absolute atomic E-state index is 0.0942. The number of hydrogen-bond donors (Lipinski definition) is 1. The van der Waals surface area contributed by atoms with E-state index in [1.807, 2.05) is 4.90 Å². The summed E-state index contributed by atoms with van der Waals surface area (Å²) in [7, 11) is -1.85. The number of carboxylic acids is 1. The van der Waals surface area contributed by atoms with Crippen molar-refractivity contribution in [1.82, 2.24) is 9.80 Å². The zero-order valence-corrected chi connectivity index (χ0v) is 18.9. The van der Waals surface area contributed by atoms with Gasteiger partial charge in [-0.15, -0.1) is 0 Å². The number of methoxy groups -OCH3 is 1.